The molecule has 0 aliphatic heterocycles. The van der Waals surface area contributed by atoms with Crippen molar-refractivity contribution >= 4 is 0 Å². The SMILES string of the molecule is Cc1cn(C2CCCCCC(C)CCCC2)cn1. The van der Waals surface area contributed by atoms with E-state index in [1.165, 1.54) is 57.8 Å². The van der Waals surface area contributed by atoms with Crippen LogP contribution < -0.4 is 0 Å². The maximum absolute atomic E-state index is 4.38. The van der Waals surface area contributed by atoms with Crippen molar-refractivity contribution in [2.24, 2.45) is 5.92 Å². The Morgan fingerprint density at radius 3 is 2.28 bits per heavy atom. The van der Waals surface area contributed by atoms with E-state index < -0.39 is 0 Å². The second-order valence-electron chi connectivity index (χ2n) is 6.14. The topological polar surface area (TPSA) is 17.8 Å². The maximum atomic E-state index is 4.38. The van der Waals surface area contributed by atoms with Crippen molar-refractivity contribution in [2.75, 3.05) is 0 Å². The largest absolute Gasteiger partial charge is 0.334 e. The molecule has 1 aliphatic carbocycles. The van der Waals surface area contributed by atoms with Crippen molar-refractivity contribution in [3.63, 3.8) is 0 Å². The highest BCUT2D eigenvalue weighted by molar-refractivity contribution is 4.94. The lowest BCUT2D eigenvalue weighted by molar-refractivity contribution is 0.401. The summed E-state index contributed by atoms with van der Waals surface area (Å²) in [5, 5.41) is 0. The first kappa shape index (κ1) is 13.6. The predicted molar refractivity (Wildman–Crippen MR) is 76.7 cm³/mol. The number of aromatic nitrogens is 2. The molecule has 2 atom stereocenters. The Kier molecular flexibility index (Phi) is 5.27. The minimum Gasteiger partial charge on any atom is -0.334 e. The molecule has 1 aromatic rings. The Morgan fingerprint density at radius 2 is 1.61 bits per heavy atom. The molecule has 2 heteroatoms. The van der Waals surface area contributed by atoms with Gasteiger partial charge < -0.3 is 4.57 Å². The molecule has 1 fully saturated rings. The minimum absolute atomic E-state index is 0.694. The third-order valence-corrected chi connectivity index (χ3v) is 4.37. The third-order valence-electron chi connectivity index (χ3n) is 4.37. The highest BCUT2D eigenvalue weighted by Crippen LogP contribution is 2.26. The van der Waals surface area contributed by atoms with E-state index in [2.05, 4.69) is 29.6 Å². The van der Waals surface area contributed by atoms with Crippen molar-refractivity contribution in [3.8, 4) is 0 Å². The summed E-state index contributed by atoms with van der Waals surface area (Å²) in [6.07, 6.45) is 16.8. The van der Waals surface area contributed by atoms with Gasteiger partial charge >= 0.3 is 0 Å². The first-order valence-electron chi connectivity index (χ1n) is 7.76. The van der Waals surface area contributed by atoms with Gasteiger partial charge in [0.1, 0.15) is 0 Å². The summed E-state index contributed by atoms with van der Waals surface area (Å²) < 4.78 is 2.36. The molecule has 18 heavy (non-hydrogen) atoms. The summed E-state index contributed by atoms with van der Waals surface area (Å²) in [4.78, 5) is 4.38. The molecule has 1 aliphatic rings. The molecule has 0 bridgehead atoms. The molecule has 1 heterocycles. The molecular formula is C16H28N2. The normalized spacial score (nSPS) is 27.7. The van der Waals surface area contributed by atoms with E-state index in [9.17, 15) is 0 Å². The van der Waals surface area contributed by atoms with Gasteiger partial charge in [-0.25, -0.2) is 4.98 Å². The summed E-state index contributed by atoms with van der Waals surface area (Å²) >= 11 is 0. The van der Waals surface area contributed by atoms with Crippen LogP contribution in [0.3, 0.4) is 0 Å². The standard InChI is InChI=1S/C16H28N2/c1-14-8-4-3-5-10-16(11-7-6-9-14)18-12-15(2)17-13-18/h12-14,16H,3-11H2,1-2H3. The van der Waals surface area contributed by atoms with Crippen molar-refractivity contribution in [2.45, 2.75) is 77.7 Å². The van der Waals surface area contributed by atoms with Gasteiger partial charge in [-0.05, 0) is 25.7 Å². The van der Waals surface area contributed by atoms with E-state index in [0.717, 1.165) is 11.6 Å². The van der Waals surface area contributed by atoms with Gasteiger partial charge in [0, 0.05) is 12.2 Å². The molecule has 0 amide bonds. The second-order valence-corrected chi connectivity index (χ2v) is 6.14. The van der Waals surface area contributed by atoms with Crippen molar-refractivity contribution in [3.05, 3.63) is 18.2 Å². The molecule has 0 N–H and O–H groups in total. The summed E-state index contributed by atoms with van der Waals surface area (Å²) in [6, 6.07) is 0.694. The Bertz CT molecular complexity index is 343. The zero-order chi connectivity index (χ0) is 12.8. The van der Waals surface area contributed by atoms with E-state index in [1.807, 2.05) is 6.33 Å². The van der Waals surface area contributed by atoms with Gasteiger partial charge in [-0.2, -0.15) is 0 Å². The predicted octanol–water partition coefficient (Wildman–Crippen LogP) is 4.89. The summed E-state index contributed by atoms with van der Waals surface area (Å²) in [5.41, 5.74) is 1.15. The Balaban J connectivity index is 1.92. The van der Waals surface area contributed by atoms with E-state index in [4.69, 9.17) is 0 Å². The van der Waals surface area contributed by atoms with Crippen LogP contribution >= 0.6 is 0 Å². The molecule has 2 rings (SSSR count). The number of aryl methyl sites for hydroxylation is 1. The smallest absolute Gasteiger partial charge is 0.0951 e. The third kappa shape index (κ3) is 4.15. The zero-order valence-corrected chi connectivity index (χ0v) is 12.1. The molecule has 1 saturated carbocycles. The van der Waals surface area contributed by atoms with E-state index in [0.29, 0.717) is 6.04 Å². The quantitative estimate of drug-likeness (QED) is 0.691. The average Bonchev–Trinajstić information content (AvgIpc) is 2.75. The molecule has 0 spiro atoms. The van der Waals surface area contributed by atoms with E-state index >= 15 is 0 Å². The number of rotatable bonds is 1. The van der Waals surface area contributed by atoms with Gasteiger partial charge in [0.25, 0.3) is 0 Å². The molecular weight excluding hydrogens is 220 g/mol. The minimum atomic E-state index is 0.694. The van der Waals surface area contributed by atoms with Crippen LogP contribution in [-0.4, -0.2) is 9.55 Å². The van der Waals surface area contributed by atoms with Crippen LogP contribution in [-0.2, 0) is 0 Å². The highest BCUT2D eigenvalue weighted by Gasteiger charge is 2.13. The fourth-order valence-corrected chi connectivity index (χ4v) is 3.15. The van der Waals surface area contributed by atoms with Crippen LogP contribution in [0.2, 0.25) is 0 Å². The Morgan fingerprint density at radius 1 is 1.00 bits per heavy atom. The van der Waals surface area contributed by atoms with Gasteiger partial charge in [0.2, 0.25) is 0 Å². The van der Waals surface area contributed by atoms with Crippen LogP contribution in [0.15, 0.2) is 12.5 Å². The van der Waals surface area contributed by atoms with Crippen LogP contribution in [0.5, 0.6) is 0 Å². The van der Waals surface area contributed by atoms with Crippen molar-refractivity contribution < 1.29 is 0 Å². The molecule has 1 aromatic heterocycles. The Labute approximate surface area is 112 Å². The number of hydrogen-bond donors (Lipinski definition) is 0. The van der Waals surface area contributed by atoms with Crippen LogP contribution in [0.25, 0.3) is 0 Å². The number of imidazole rings is 1. The second kappa shape index (κ2) is 6.96. The van der Waals surface area contributed by atoms with Gasteiger partial charge in [0.15, 0.2) is 0 Å². The molecule has 102 valence electrons. The monoisotopic (exact) mass is 248 g/mol. The van der Waals surface area contributed by atoms with Crippen molar-refractivity contribution in [1.29, 1.82) is 0 Å². The lowest BCUT2D eigenvalue weighted by Gasteiger charge is -2.18. The summed E-state index contributed by atoms with van der Waals surface area (Å²) in [7, 11) is 0. The highest BCUT2D eigenvalue weighted by atomic mass is 15.1. The maximum Gasteiger partial charge on any atom is 0.0951 e. The lowest BCUT2D eigenvalue weighted by atomic mass is 9.97. The van der Waals surface area contributed by atoms with Gasteiger partial charge in [-0.1, -0.05) is 51.9 Å². The molecule has 2 unspecified atom stereocenters. The van der Waals surface area contributed by atoms with E-state index in [-0.39, 0.29) is 0 Å². The number of nitrogens with zero attached hydrogens (tertiary/aromatic N) is 2. The van der Waals surface area contributed by atoms with Gasteiger partial charge in [0.05, 0.1) is 12.0 Å². The fraction of sp³-hybridized carbons (Fsp3) is 0.812. The summed E-state index contributed by atoms with van der Waals surface area (Å²) in [5.74, 6) is 0.942. The molecule has 0 saturated heterocycles. The molecule has 2 nitrogen and oxygen atoms in total. The first-order valence-corrected chi connectivity index (χ1v) is 7.76. The zero-order valence-electron chi connectivity index (χ0n) is 12.1. The lowest BCUT2D eigenvalue weighted by Crippen LogP contribution is -2.07. The molecule has 0 aromatic carbocycles. The van der Waals surface area contributed by atoms with Gasteiger partial charge in [-0.15, -0.1) is 0 Å². The summed E-state index contributed by atoms with van der Waals surface area (Å²) in [6.45, 7) is 4.51. The Hall–Kier alpha value is -0.790. The van der Waals surface area contributed by atoms with Crippen molar-refractivity contribution in [1.82, 2.24) is 9.55 Å². The first-order chi connectivity index (χ1) is 8.75. The van der Waals surface area contributed by atoms with Crippen LogP contribution in [0, 0.1) is 12.8 Å². The average molecular weight is 248 g/mol. The van der Waals surface area contributed by atoms with Gasteiger partial charge in [-0.3, -0.25) is 0 Å². The van der Waals surface area contributed by atoms with Crippen LogP contribution in [0.4, 0.5) is 0 Å². The van der Waals surface area contributed by atoms with E-state index in [1.54, 1.807) is 0 Å². The fourth-order valence-electron chi connectivity index (χ4n) is 3.15. The molecule has 0 radical (unpaired) electrons. The number of hydrogen-bond acceptors (Lipinski definition) is 1. The van der Waals surface area contributed by atoms with Crippen LogP contribution in [0.1, 0.15) is 76.4 Å².